The first-order chi connectivity index (χ1) is 28.4. The highest BCUT2D eigenvalue weighted by atomic mass is 15.1. The SMILES string of the molecule is Cc1cc(C)cc(C2=Cc3c(n(-c4ccccn4)c4c5c6c(cc34)CCc3cc4c7cc(-c8cc(C)cc(C)c8)ccc7n(-c7ccccn7)c4c(c3-6)CC5)CC2)c1. The Morgan fingerprint density at radius 3 is 1.67 bits per heavy atom. The molecule has 280 valence electrons. The van der Waals surface area contributed by atoms with Crippen molar-refractivity contribution in [3.63, 3.8) is 0 Å². The van der Waals surface area contributed by atoms with Gasteiger partial charge in [0, 0.05) is 39.8 Å². The van der Waals surface area contributed by atoms with Gasteiger partial charge in [-0.15, -0.1) is 0 Å². The molecular formula is C54H44N4. The van der Waals surface area contributed by atoms with Crippen LogP contribution in [0.3, 0.4) is 0 Å². The predicted molar refractivity (Wildman–Crippen MR) is 240 cm³/mol. The maximum atomic E-state index is 5.01. The highest BCUT2D eigenvalue weighted by Crippen LogP contribution is 2.52. The Bertz CT molecular complexity index is 3210. The fourth-order valence-electron chi connectivity index (χ4n) is 11.1. The van der Waals surface area contributed by atoms with Crippen LogP contribution in [0.25, 0.3) is 78.2 Å². The Labute approximate surface area is 339 Å². The maximum Gasteiger partial charge on any atom is 0.137 e. The van der Waals surface area contributed by atoms with E-state index in [1.165, 1.54) is 122 Å². The molecule has 9 aromatic rings. The lowest BCUT2D eigenvalue weighted by Crippen LogP contribution is -2.16. The number of rotatable bonds is 4. The van der Waals surface area contributed by atoms with E-state index in [-0.39, 0.29) is 0 Å². The molecule has 0 N–H and O–H groups in total. The van der Waals surface area contributed by atoms with Crippen LogP contribution in [-0.4, -0.2) is 19.1 Å². The molecule has 0 atom stereocenters. The second kappa shape index (κ2) is 12.5. The zero-order chi connectivity index (χ0) is 38.8. The first kappa shape index (κ1) is 33.6. The second-order valence-corrected chi connectivity index (χ2v) is 17.1. The van der Waals surface area contributed by atoms with E-state index in [1.807, 2.05) is 24.5 Å². The summed E-state index contributed by atoms with van der Waals surface area (Å²) in [5.41, 5.74) is 26.0. The van der Waals surface area contributed by atoms with Crippen LogP contribution in [0.4, 0.5) is 0 Å². The zero-order valence-electron chi connectivity index (χ0n) is 33.6. The van der Waals surface area contributed by atoms with Gasteiger partial charge in [0.1, 0.15) is 11.6 Å². The zero-order valence-corrected chi connectivity index (χ0v) is 33.6. The largest absolute Gasteiger partial charge is 0.297 e. The Morgan fingerprint density at radius 1 is 0.466 bits per heavy atom. The van der Waals surface area contributed by atoms with Crippen molar-refractivity contribution in [3.8, 4) is 33.9 Å². The maximum absolute atomic E-state index is 5.01. The minimum Gasteiger partial charge on any atom is -0.297 e. The molecule has 4 heterocycles. The molecule has 4 heteroatoms. The normalized spacial score (nSPS) is 14.2. The number of allylic oxidation sites excluding steroid dienone is 1. The standard InChI is InChI=1S/C54H44N4/c1-31-21-32(2)24-39(23-31)35-13-17-47-43(27-35)45-29-37-11-12-38-30-46-44-28-36(40-25-33(3)22-34(4)26-40)14-18-48(44)58(50-10-6-8-20-56-50)54(46)42-16-15-41(51(37)52(38)42)53(45)57(47)49-9-5-7-19-55-49/h5-10,13,17,19-30H,11-12,14-16,18H2,1-4H3. The van der Waals surface area contributed by atoms with E-state index < -0.39 is 0 Å². The molecule has 0 radical (unpaired) electrons. The van der Waals surface area contributed by atoms with Crippen molar-refractivity contribution in [2.45, 2.75) is 66.2 Å². The monoisotopic (exact) mass is 748 g/mol. The van der Waals surface area contributed by atoms with Crippen LogP contribution in [0, 0.1) is 27.7 Å². The lowest BCUT2D eigenvalue weighted by Gasteiger charge is -2.31. The molecule has 0 amide bonds. The molecule has 0 fully saturated rings. The molecule has 3 aliphatic rings. The fraction of sp³-hybridized carbons (Fsp3) is 0.185. The van der Waals surface area contributed by atoms with Gasteiger partial charge in [-0.25, -0.2) is 9.97 Å². The van der Waals surface area contributed by atoms with Crippen molar-refractivity contribution in [3.05, 3.63) is 177 Å². The highest BCUT2D eigenvalue weighted by molar-refractivity contribution is 6.14. The van der Waals surface area contributed by atoms with E-state index in [0.717, 1.165) is 50.2 Å². The first-order valence-electron chi connectivity index (χ1n) is 20.9. The average molecular weight is 749 g/mol. The third kappa shape index (κ3) is 4.94. The molecule has 0 saturated carbocycles. The molecule has 3 aliphatic carbocycles. The van der Waals surface area contributed by atoms with Crippen LogP contribution in [-0.2, 0) is 32.1 Å². The summed E-state index contributed by atoms with van der Waals surface area (Å²) in [6.07, 6.45) is 12.4. The lowest BCUT2D eigenvalue weighted by molar-refractivity contribution is 0.860. The van der Waals surface area contributed by atoms with Crippen LogP contribution in [0.1, 0.15) is 67.7 Å². The quantitative estimate of drug-likeness (QED) is 0.180. The minimum absolute atomic E-state index is 0.971. The van der Waals surface area contributed by atoms with Gasteiger partial charge in [-0.1, -0.05) is 76.9 Å². The van der Waals surface area contributed by atoms with E-state index in [0.29, 0.717) is 0 Å². The summed E-state index contributed by atoms with van der Waals surface area (Å²) >= 11 is 0. The number of hydrogen-bond donors (Lipinski definition) is 0. The Morgan fingerprint density at radius 2 is 1.05 bits per heavy atom. The topological polar surface area (TPSA) is 35.6 Å². The van der Waals surface area contributed by atoms with Crippen molar-refractivity contribution in [2.75, 3.05) is 0 Å². The third-order valence-electron chi connectivity index (χ3n) is 13.2. The van der Waals surface area contributed by atoms with Gasteiger partial charge in [-0.05, 0) is 176 Å². The number of pyridine rings is 2. The average Bonchev–Trinajstić information content (AvgIpc) is 3.74. The van der Waals surface area contributed by atoms with Crippen molar-refractivity contribution in [2.24, 2.45) is 0 Å². The molecule has 4 nitrogen and oxygen atoms in total. The number of benzene rings is 5. The van der Waals surface area contributed by atoms with Gasteiger partial charge in [0.2, 0.25) is 0 Å². The molecule has 0 unspecified atom stereocenters. The molecule has 58 heavy (non-hydrogen) atoms. The van der Waals surface area contributed by atoms with Gasteiger partial charge in [0.25, 0.3) is 0 Å². The van der Waals surface area contributed by atoms with Gasteiger partial charge in [0.15, 0.2) is 0 Å². The second-order valence-electron chi connectivity index (χ2n) is 17.1. The molecule has 0 saturated heterocycles. The lowest BCUT2D eigenvalue weighted by atomic mass is 9.73. The number of aryl methyl sites for hydroxylation is 8. The third-order valence-corrected chi connectivity index (χ3v) is 13.2. The van der Waals surface area contributed by atoms with E-state index in [2.05, 4.69) is 134 Å². The molecular weight excluding hydrogens is 705 g/mol. The van der Waals surface area contributed by atoms with Crippen molar-refractivity contribution in [1.82, 2.24) is 19.1 Å². The summed E-state index contributed by atoms with van der Waals surface area (Å²) in [6, 6.07) is 38.7. The van der Waals surface area contributed by atoms with Gasteiger partial charge in [0.05, 0.1) is 16.6 Å². The summed E-state index contributed by atoms with van der Waals surface area (Å²) in [5, 5.41) is 4.02. The molecule has 5 aromatic carbocycles. The van der Waals surface area contributed by atoms with Crippen LogP contribution < -0.4 is 0 Å². The first-order valence-corrected chi connectivity index (χ1v) is 20.9. The summed E-state index contributed by atoms with van der Waals surface area (Å²) in [5.74, 6) is 1.98. The van der Waals surface area contributed by atoms with Gasteiger partial charge in [-0.3, -0.25) is 9.13 Å². The summed E-state index contributed by atoms with van der Waals surface area (Å²) < 4.78 is 4.99. The minimum atomic E-state index is 0.971. The van der Waals surface area contributed by atoms with Gasteiger partial charge >= 0.3 is 0 Å². The van der Waals surface area contributed by atoms with Gasteiger partial charge in [-0.2, -0.15) is 0 Å². The smallest absolute Gasteiger partial charge is 0.137 e. The van der Waals surface area contributed by atoms with Gasteiger partial charge < -0.3 is 0 Å². The van der Waals surface area contributed by atoms with Crippen LogP contribution in [0.5, 0.6) is 0 Å². The van der Waals surface area contributed by atoms with Crippen LogP contribution in [0.15, 0.2) is 116 Å². The highest BCUT2D eigenvalue weighted by Gasteiger charge is 2.34. The Kier molecular flexibility index (Phi) is 7.24. The van der Waals surface area contributed by atoms with Crippen molar-refractivity contribution in [1.29, 1.82) is 0 Å². The molecule has 12 rings (SSSR count). The molecule has 0 aliphatic heterocycles. The molecule has 0 bridgehead atoms. The Balaban J connectivity index is 1.14. The summed E-state index contributed by atoms with van der Waals surface area (Å²) in [6.45, 7) is 8.83. The van der Waals surface area contributed by atoms with Crippen molar-refractivity contribution < 1.29 is 0 Å². The predicted octanol–water partition coefficient (Wildman–Crippen LogP) is 12.8. The number of nitrogens with zero attached hydrogens (tertiary/aromatic N) is 4. The van der Waals surface area contributed by atoms with Crippen LogP contribution >= 0.6 is 0 Å². The number of hydrogen-bond acceptors (Lipinski definition) is 2. The molecule has 0 spiro atoms. The van der Waals surface area contributed by atoms with Crippen LogP contribution in [0.2, 0.25) is 0 Å². The van der Waals surface area contributed by atoms with Crippen molar-refractivity contribution >= 4 is 44.4 Å². The Hall–Kier alpha value is -6.52. The number of aromatic nitrogens is 4. The summed E-state index contributed by atoms with van der Waals surface area (Å²) in [7, 11) is 0. The fourth-order valence-corrected chi connectivity index (χ4v) is 11.1. The summed E-state index contributed by atoms with van der Waals surface area (Å²) in [4.78, 5) is 9.99. The van der Waals surface area contributed by atoms with E-state index >= 15 is 0 Å². The van der Waals surface area contributed by atoms with E-state index in [4.69, 9.17) is 9.97 Å². The van der Waals surface area contributed by atoms with E-state index in [1.54, 1.807) is 0 Å². The number of fused-ring (bicyclic) bond motifs is 8. The van der Waals surface area contributed by atoms with E-state index in [9.17, 15) is 0 Å². The molecule has 4 aromatic heterocycles.